The first-order valence-corrected chi connectivity index (χ1v) is 3.57. The molecular formula is C8H20N2O2. The summed E-state index contributed by atoms with van der Waals surface area (Å²) in [5.74, 6) is -0.153. The molecule has 0 aromatic carbocycles. The van der Waals surface area contributed by atoms with Gasteiger partial charge in [0.15, 0.2) is 0 Å². The van der Waals surface area contributed by atoms with Crippen molar-refractivity contribution < 1.29 is 9.59 Å². The summed E-state index contributed by atoms with van der Waals surface area (Å²) in [7, 11) is 1.63. The summed E-state index contributed by atoms with van der Waals surface area (Å²) in [6.45, 7) is 3.54. The first-order chi connectivity index (χ1) is 5.08. The minimum atomic E-state index is -0.245. The summed E-state index contributed by atoms with van der Waals surface area (Å²) >= 11 is 0. The van der Waals surface area contributed by atoms with Crippen molar-refractivity contribution in [2.45, 2.75) is 34.1 Å². The SMILES string of the molecule is C.CCC(=O)NC.CCC(N)=O. The molecule has 0 unspecified atom stereocenters. The van der Waals surface area contributed by atoms with Crippen molar-refractivity contribution in [1.82, 2.24) is 5.32 Å². The quantitative estimate of drug-likeness (QED) is 0.648. The second-order valence-electron chi connectivity index (χ2n) is 1.85. The average molecular weight is 176 g/mol. The van der Waals surface area contributed by atoms with Gasteiger partial charge in [-0.05, 0) is 0 Å². The van der Waals surface area contributed by atoms with Gasteiger partial charge < -0.3 is 11.1 Å². The zero-order valence-corrected chi connectivity index (χ0v) is 7.31. The molecule has 0 aliphatic carbocycles. The number of carbonyl (C=O) groups excluding carboxylic acids is 2. The molecule has 0 aromatic rings. The molecule has 3 N–H and O–H groups in total. The van der Waals surface area contributed by atoms with Gasteiger partial charge in [-0.1, -0.05) is 21.3 Å². The summed E-state index contributed by atoms with van der Waals surface area (Å²) < 4.78 is 0. The van der Waals surface area contributed by atoms with E-state index in [1.807, 2.05) is 6.92 Å². The Morgan fingerprint density at radius 2 is 1.58 bits per heavy atom. The molecule has 0 aliphatic heterocycles. The van der Waals surface area contributed by atoms with E-state index in [9.17, 15) is 9.59 Å². The van der Waals surface area contributed by atoms with Crippen molar-refractivity contribution in [2.24, 2.45) is 5.73 Å². The van der Waals surface area contributed by atoms with Gasteiger partial charge >= 0.3 is 0 Å². The third kappa shape index (κ3) is 23.1. The fourth-order valence-electron chi connectivity index (χ4n) is 0.177. The Hall–Kier alpha value is -1.06. The van der Waals surface area contributed by atoms with Gasteiger partial charge in [-0.15, -0.1) is 0 Å². The van der Waals surface area contributed by atoms with Crippen LogP contribution in [0.5, 0.6) is 0 Å². The standard InChI is InChI=1S/C4H9NO.C3H7NO.CH4/c1-3-4(6)5-2;1-2-3(4)5;/h3H2,1-2H3,(H,5,6);2H2,1H3,(H2,4,5);1H4. The lowest BCUT2D eigenvalue weighted by Crippen LogP contribution is -2.15. The summed E-state index contributed by atoms with van der Waals surface area (Å²) in [5.41, 5.74) is 4.65. The highest BCUT2D eigenvalue weighted by Crippen LogP contribution is 1.68. The largest absolute Gasteiger partial charge is 0.370 e. The third-order valence-corrected chi connectivity index (χ3v) is 0.948. The van der Waals surface area contributed by atoms with E-state index in [0.29, 0.717) is 12.8 Å². The first kappa shape index (κ1) is 17.1. The zero-order chi connectivity index (χ0) is 9.28. The van der Waals surface area contributed by atoms with E-state index in [1.54, 1.807) is 14.0 Å². The van der Waals surface area contributed by atoms with Gasteiger partial charge in [0.2, 0.25) is 11.8 Å². The lowest BCUT2D eigenvalue weighted by Gasteiger charge is -1.87. The fraction of sp³-hybridized carbons (Fsp3) is 0.750. The van der Waals surface area contributed by atoms with E-state index in [1.165, 1.54) is 0 Å². The van der Waals surface area contributed by atoms with E-state index >= 15 is 0 Å². The predicted octanol–water partition coefficient (Wildman–Crippen LogP) is 0.660. The van der Waals surface area contributed by atoms with Crippen molar-refractivity contribution in [3.63, 3.8) is 0 Å². The predicted molar refractivity (Wildman–Crippen MR) is 50.6 cm³/mol. The van der Waals surface area contributed by atoms with Crippen LogP contribution < -0.4 is 11.1 Å². The van der Waals surface area contributed by atoms with Crippen LogP contribution in [0.2, 0.25) is 0 Å². The highest BCUT2D eigenvalue weighted by atomic mass is 16.1. The van der Waals surface area contributed by atoms with Crippen molar-refractivity contribution >= 4 is 11.8 Å². The molecule has 0 bridgehead atoms. The lowest BCUT2D eigenvalue weighted by atomic mass is 10.5. The molecule has 0 saturated heterocycles. The molecular weight excluding hydrogens is 156 g/mol. The number of hydrogen-bond donors (Lipinski definition) is 2. The van der Waals surface area contributed by atoms with Crippen LogP contribution in [-0.2, 0) is 9.59 Å². The number of carbonyl (C=O) groups is 2. The maximum Gasteiger partial charge on any atom is 0.219 e. The molecule has 74 valence electrons. The molecule has 0 saturated carbocycles. The lowest BCUT2D eigenvalue weighted by molar-refractivity contribution is -0.120. The van der Waals surface area contributed by atoms with Crippen LogP contribution in [0.4, 0.5) is 0 Å². The highest BCUT2D eigenvalue weighted by molar-refractivity contribution is 5.75. The van der Waals surface area contributed by atoms with Crippen LogP contribution in [-0.4, -0.2) is 18.9 Å². The molecule has 0 spiro atoms. The fourth-order valence-corrected chi connectivity index (χ4v) is 0.177. The molecule has 2 amide bonds. The molecule has 0 atom stereocenters. The Kier molecular flexibility index (Phi) is 18.0. The van der Waals surface area contributed by atoms with Crippen molar-refractivity contribution in [3.05, 3.63) is 0 Å². The van der Waals surface area contributed by atoms with Gasteiger partial charge in [-0.2, -0.15) is 0 Å². The van der Waals surface area contributed by atoms with E-state index in [0.717, 1.165) is 0 Å². The van der Waals surface area contributed by atoms with Crippen molar-refractivity contribution in [2.75, 3.05) is 7.05 Å². The van der Waals surface area contributed by atoms with Gasteiger partial charge in [0.05, 0.1) is 0 Å². The molecule has 4 heteroatoms. The number of nitrogens with two attached hydrogens (primary N) is 1. The Labute approximate surface area is 74.5 Å². The molecule has 0 fully saturated rings. The van der Waals surface area contributed by atoms with Crippen LogP contribution >= 0.6 is 0 Å². The highest BCUT2D eigenvalue weighted by Gasteiger charge is 1.84. The average Bonchev–Trinajstić information content (AvgIpc) is 2.04. The maximum atomic E-state index is 10.1. The summed E-state index contributed by atoms with van der Waals surface area (Å²) in [6, 6.07) is 0. The third-order valence-electron chi connectivity index (χ3n) is 0.948. The van der Waals surface area contributed by atoms with E-state index in [4.69, 9.17) is 0 Å². The summed E-state index contributed by atoms with van der Waals surface area (Å²) in [5, 5.41) is 2.48. The first-order valence-electron chi connectivity index (χ1n) is 3.57. The second-order valence-corrected chi connectivity index (χ2v) is 1.85. The number of amides is 2. The van der Waals surface area contributed by atoms with Crippen molar-refractivity contribution in [3.8, 4) is 0 Å². The van der Waals surface area contributed by atoms with Crippen LogP contribution in [0.1, 0.15) is 34.1 Å². The smallest absolute Gasteiger partial charge is 0.219 e. The Morgan fingerprint density at radius 3 is 1.58 bits per heavy atom. The van der Waals surface area contributed by atoms with Crippen LogP contribution in [0.25, 0.3) is 0 Å². The Bertz CT molecular complexity index is 118. The van der Waals surface area contributed by atoms with E-state index < -0.39 is 0 Å². The number of nitrogens with one attached hydrogen (secondary N) is 1. The Morgan fingerprint density at radius 1 is 1.25 bits per heavy atom. The second kappa shape index (κ2) is 12.6. The molecule has 0 aromatic heterocycles. The molecule has 4 nitrogen and oxygen atoms in total. The molecule has 0 aliphatic rings. The van der Waals surface area contributed by atoms with Crippen LogP contribution in [0, 0.1) is 0 Å². The van der Waals surface area contributed by atoms with Gasteiger partial charge in [-0.25, -0.2) is 0 Å². The van der Waals surface area contributed by atoms with E-state index in [2.05, 4.69) is 11.1 Å². The monoisotopic (exact) mass is 176 g/mol. The summed E-state index contributed by atoms with van der Waals surface area (Å²) in [6.07, 6.45) is 1.02. The van der Waals surface area contributed by atoms with Gasteiger partial charge in [0.25, 0.3) is 0 Å². The molecule has 0 rings (SSSR count). The minimum absolute atomic E-state index is 0. The van der Waals surface area contributed by atoms with Gasteiger partial charge in [0.1, 0.15) is 0 Å². The van der Waals surface area contributed by atoms with Crippen molar-refractivity contribution in [1.29, 1.82) is 0 Å². The van der Waals surface area contributed by atoms with Gasteiger partial charge in [-0.3, -0.25) is 9.59 Å². The minimum Gasteiger partial charge on any atom is -0.370 e. The number of hydrogen-bond acceptors (Lipinski definition) is 2. The van der Waals surface area contributed by atoms with E-state index in [-0.39, 0.29) is 19.2 Å². The number of primary amides is 1. The Balaban J connectivity index is -0.000000126. The number of rotatable bonds is 2. The molecule has 12 heavy (non-hydrogen) atoms. The maximum absolute atomic E-state index is 10.1. The van der Waals surface area contributed by atoms with Gasteiger partial charge in [0, 0.05) is 19.9 Å². The summed E-state index contributed by atoms with van der Waals surface area (Å²) in [4.78, 5) is 19.7. The normalized spacial score (nSPS) is 6.92. The molecule has 0 heterocycles. The van der Waals surface area contributed by atoms with Crippen LogP contribution in [0.15, 0.2) is 0 Å². The topological polar surface area (TPSA) is 72.2 Å². The molecule has 0 radical (unpaired) electrons. The van der Waals surface area contributed by atoms with Crippen LogP contribution in [0.3, 0.4) is 0 Å². The zero-order valence-electron chi connectivity index (χ0n) is 7.31.